The van der Waals surface area contributed by atoms with Gasteiger partial charge in [0.25, 0.3) is 5.91 Å². The van der Waals surface area contributed by atoms with Gasteiger partial charge in [0.2, 0.25) is 17.6 Å². The Labute approximate surface area is 234 Å². The molecular weight excluding hydrogens is 513 g/mol. The second kappa shape index (κ2) is 12.5. The fourth-order valence-electron chi connectivity index (χ4n) is 5.10. The van der Waals surface area contributed by atoms with Crippen molar-refractivity contribution < 1.29 is 18.8 Å². The molecule has 1 fully saturated rings. The maximum absolute atomic E-state index is 13.9. The first-order valence-electron chi connectivity index (χ1n) is 13.6. The van der Waals surface area contributed by atoms with Crippen LogP contribution in [0.25, 0.3) is 5.78 Å². The van der Waals surface area contributed by atoms with Crippen LogP contribution in [0.5, 0.6) is 0 Å². The Morgan fingerprint density at radius 1 is 1.18 bits per heavy atom. The summed E-state index contributed by atoms with van der Waals surface area (Å²) in [5.74, 6) is -0.512. The number of likely N-dealkylation sites (tertiary alicyclic amines) is 1. The first kappa shape index (κ1) is 29.1. The summed E-state index contributed by atoms with van der Waals surface area (Å²) < 4.78 is 15.1. The summed E-state index contributed by atoms with van der Waals surface area (Å²) in [7, 11) is 1.68. The summed E-state index contributed by atoms with van der Waals surface area (Å²) in [5, 5.41) is 5.73. The molecule has 11 heteroatoms. The number of hydrogen-bond acceptors (Lipinski definition) is 6. The van der Waals surface area contributed by atoms with Gasteiger partial charge in [-0.3, -0.25) is 18.8 Å². The van der Waals surface area contributed by atoms with E-state index in [0.29, 0.717) is 37.5 Å². The first-order valence-corrected chi connectivity index (χ1v) is 13.6. The molecule has 1 unspecified atom stereocenters. The highest BCUT2D eigenvalue weighted by molar-refractivity contribution is 5.93. The highest BCUT2D eigenvalue weighted by Crippen LogP contribution is 2.26. The standard InChI is InChI=1S/C29H38FN7O3/c1-29(2,3)25(34-24(38)18-31-4)27(40)36-14-5-7-22(36)19-35(16-12-20-8-10-21(30)11-9-20)26(39)23-17-33-28-32-13-6-15-37(23)28/h6,8-11,13,15,17,22,25,31H,5,7,12,14,16,18-19H2,1-4H3,(H,34,38)/t22?,25-/m1/s1. The molecule has 0 bridgehead atoms. The van der Waals surface area contributed by atoms with Crippen molar-refractivity contribution in [1.29, 1.82) is 0 Å². The van der Waals surface area contributed by atoms with Crippen molar-refractivity contribution in [3.05, 3.63) is 66.0 Å². The quantitative estimate of drug-likeness (QED) is 0.400. The summed E-state index contributed by atoms with van der Waals surface area (Å²) in [6.45, 7) is 7.14. The van der Waals surface area contributed by atoms with Crippen LogP contribution >= 0.6 is 0 Å². The third kappa shape index (κ3) is 6.82. The number of halogens is 1. The Morgan fingerprint density at radius 3 is 2.62 bits per heavy atom. The van der Waals surface area contributed by atoms with Gasteiger partial charge in [0.1, 0.15) is 17.6 Å². The van der Waals surface area contributed by atoms with Gasteiger partial charge < -0.3 is 20.4 Å². The van der Waals surface area contributed by atoms with Crippen molar-refractivity contribution in [2.75, 3.05) is 33.2 Å². The van der Waals surface area contributed by atoms with Gasteiger partial charge in [0, 0.05) is 38.1 Å². The van der Waals surface area contributed by atoms with E-state index in [1.165, 1.54) is 18.3 Å². The second-order valence-electron chi connectivity index (χ2n) is 11.3. The van der Waals surface area contributed by atoms with Crippen molar-refractivity contribution in [2.45, 2.75) is 52.1 Å². The summed E-state index contributed by atoms with van der Waals surface area (Å²) >= 11 is 0. The number of carbonyl (C=O) groups excluding carboxylic acids is 3. The Hall–Kier alpha value is -3.86. The predicted molar refractivity (Wildman–Crippen MR) is 149 cm³/mol. The van der Waals surface area contributed by atoms with Crippen LogP contribution in [0, 0.1) is 11.2 Å². The van der Waals surface area contributed by atoms with Crippen LogP contribution in [0.3, 0.4) is 0 Å². The summed E-state index contributed by atoms with van der Waals surface area (Å²) in [6, 6.07) is 7.05. The molecule has 0 saturated carbocycles. The van der Waals surface area contributed by atoms with Crippen LogP contribution in [-0.2, 0) is 16.0 Å². The maximum atomic E-state index is 13.9. The lowest BCUT2D eigenvalue weighted by molar-refractivity contribution is -0.140. The Bertz CT molecular complexity index is 1340. The lowest BCUT2D eigenvalue weighted by atomic mass is 9.85. The van der Waals surface area contributed by atoms with Gasteiger partial charge >= 0.3 is 0 Å². The number of aromatic nitrogens is 3. The van der Waals surface area contributed by atoms with E-state index in [1.807, 2.05) is 25.7 Å². The number of amides is 3. The molecule has 3 heterocycles. The van der Waals surface area contributed by atoms with E-state index >= 15 is 0 Å². The number of fused-ring (bicyclic) bond motifs is 1. The van der Waals surface area contributed by atoms with Gasteiger partial charge in [-0.25, -0.2) is 14.4 Å². The minimum Gasteiger partial charge on any atom is -0.343 e. The molecule has 0 radical (unpaired) electrons. The van der Waals surface area contributed by atoms with Crippen molar-refractivity contribution in [3.8, 4) is 0 Å². The lowest BCUT2D eigenvalue weighted by Crippen LogP contribution is -2.58. The van der Waals surface area contributed by atoms with Gasteiger partial charge in [0.05, 0.1) is 12.7 Å². The van der Waals surface area contributed by atoms with Gasteiger partial charge in [-0.2, -0.15) is 0 Å². The second-order valence-corrected chi connectivity index (χ2v) is 11.3. The summed E-state index contributed by atoms with van der Waals surface area (Å²) in [6.07, 6.45) is 6.94. The molecule has 40 heavy (non-hydrogen) atoms. The van der Waals surface area contributed by atoms with Gasteiger partial charge in [-0.1, -0.05) is 32.9 Å². The van der Waals surface area contributed by atoms with Gasteiger partial charge in [-0.15, -0.1) is 0 Å². The monoisotopic (exact) mass is 551 g/mol. The highest BCUT2D eigenvalue weighted by atomic mass is 19.1. The highest BCUT2D eigenvalue weighted by Gasteiger charge is 2.40. The fraction of sp³-hybridized carbons (Fsp3) is 0.483. The van der Waals surface area contributed by atoms with E-state index in [9.17, 15) is 18.8 Å². The number of carbonyl (C=O) groups is 3. The number of rotatable bonds is 10. The van der Waals surface area contributed by atoms with Gasteiger partial charge in [0.15, 0.2) is 0 Å². The topological polar surface area (TPSA) is 112 Å². The molecule has 1 aromatic carbocycles. The van der Waals surface area contributed by atoms with Gasteiger partial charge in [-0.05, 0) is 55.5 Å². The summed E-state index contributed by atoms with van der Waals surface area (Å²) in [4.78, 5) is 52.2. The third-order valence-corrected chi connectivity index (χ3v) is 7.23. The molecule has 3 amide bonds. The zero-order valence-corrected chi connectivity index (χ0v) is 23.6. The minimum absolute atomic E-state index is 0.114. The molecule has 1 aliphatic heterocycles. The van der Waals surface area contributed by atoms with E-state index in [-0.39, 0.29) is 36.1 Å². The molecule has 1 aliphatic rings. The SMILES string of the molecule is CNCC(=O)N[C@H](C(=O)N1CCCC1CN(CCc1ccc(F)cc1)C(=O)c1cnc2ncccn12)C(C)(C)C. The molecule has 1 saturated heterocycles. The predicted octanol–water partition coefficient (Wildman–Crippen LogP) is 2.29. The molecule has 0 aliphatic carbocycles. The smallest absolute Gasteiger partial charge is 0.272 e. The van der Waals surface area contributed by atoms with Crippen LogP contribution < -0.4 is 10.6 Å². The summed E-state index contributed by atoms with van der Waals surface area (Å²) in [5.41, 5.74) is 0.776. The lowest BCUT2D eigenvalue weighted by Gasteiger charge is -2.37. The van der Waals surface area contributed by atoms with Crippen molar-refractivity contribution >= 4 is 23.5 Å². The van der Waals surface area contributed by atoms with Crippen LogP contribution in [-0.4, -0.2) is 87.2 Å². The molecular formula is C29H38FN7O3. The number of imidazole rings is 1. The molecule has 2 atom stereocenters. The molecule has 0 spiro atoms. The van der Waals surface area contributed by atoms with Crippen LogP contribution in [0.15, 0.2) is 48.9 Å². The number of likely N-dealkylation sites (N-methyl/N-ethyl adjacent to an activating group) is 1. The Kier molecular flexibility index (Phi) is 9.14. The third-order valence-electron chi connectivity index (χ3n) is 7.23. The van der Waals surface area contributed by atoms with E-state index in [1.54, 1.807) is 46.9 Å². The zero-order valence-electron chi connectivity index (χ0n) is 23.6. The zero-order chi connectivity index (χ0) is 28.9. The van der Waals surface area contributed by atoms with E-state index < -0.39 is 11.5 Å². The van der Waals surface area contributed by atoms with Crippen molar-refractivity contribution in [1.82, 2.24) is 34.8 Å². The molecule has 10 nitrogen and oxygen atoms in total. The molecule has 2 N–H and O–H groups in total. The molecule has 214 valence electrons. The number of nitrogens with zero attached hydrogens (tertiary/aromatic N) is 5. The average molecular weight is 552 g/mol. The fourth-order valence-corrected chi connectivity index (χ4v) is 5.10. The van der Waals surface area contributed by atoms with Crippen LogP contribution in [0.2, 0.25) is 0 Å². The van der Waals surface area contributed by atoms with E-state index in [2.05, 4.69) is 20.6 Å². The average Bonchev–Trinajstić information content (AvgIpc) is 3.56. The minimum atomic E-state index is -0.706. The Balaban J connectivity index is 1.57. The van der Waals surface area contributed by atoms with Crippen molar-refractivity contribution in [2.24, 2.45) is 5.41 Å². The van der Waals surface area contributed by atoms with E-state index in [4.69, 9.17) is 0 Å². The normalized spacial score (nSPS) is 16.2. The largest absolute Gasteiger partial charge is 0.343 e. The van der Waals surface area contributed by atoms with Crippen LogP contribution in [0.1, 0.15) is 49.7 Å². The van der Waals surface area contributed by atoms with Crippen molar-refractivity contribution in [3.63, 3.8) is 0 Å². The molecule has 3 aromatic rings. The first-order chi connectivity index (χ1) is 19.1. The Morgan fingerprint density at radius 2 is 1.93 bits per heavy atom. The number of nitrogens with one attached hydrogen (secondary N) is 2. The number of benzene rings is 1. The number of hydrogen-bond donors (Lipinski definition) is 2. The maximum Gasteiger partial charge on any atom is 0.272 e. The molecule has 2 aromatic heterocycles. The molecule has 4 rings (SSSR count). The van der Waals surface area contributed by atoms with Crippen LogP contribution in [0.4, 0.5) is 4.39 Å². The van der Waals surface area contributed by atoms with E-state index in [0.717, 1.165) is 18.4 Å².